The molecular formula is C19H20ClN3O3. The lowest BCUT2D eigenvalue weighted by Crippen LogP contribution is -2.30. The first-order chi connectivity index (χ1) is 12.1. The van der Waals surface area contributed by atoms with Gasteiger partial charge in [0.2, 0.25) is 0 Å². The van der Waals surface area contributed by atoms with E-state index in [1.807, 2.05) is 48.5 Å². The predicted octanol–water partition coefficient (Wildman–Crippen LogP) is 2.54. The van der Waals surface area contributed by atoms with Crippen molar-refractivity contribution >= 4 is 29.4 Å². The average molecular weight is 374 g/mol. The summed E-state index contributed by atoms with van der Waals surface area (Å²) >= 11 is 0. The van der Waals surface area contributed by atoms with Crippen LogP contribution in [0.3, 0.4) is 0 Å². The lowest BCUT2D eigenvalue weighted by molar-refractivity contribution is -0.138. The van der Waals surface area contributed by atoms with Gasteiger partial charge in [-0.25, -0.2) is 4.98 Å². The van der Waals surface area contributed by atoms with Crippen LogP contribution in [0.25, 0.3) is 16.7 Å². The van der Waals surface area contributed by atoms with Crippen LogP contribution in [0.1, 0.15) is 18.4 Å². The number of para-hydroxylation sites is 1. The van der Waals surface area contributed by atoms with Crippen molar-refractivity contribution in [3.63, 3.8) is 0 Å². The van der Waals surface area contributed by atoms with Crippen molar-refractivity contribution < 1.29 is 9.90 Å². The summed E-state index contributed by atoms with van der Waals surface area (Å²) in [5.74, 6) is -1.02. The van der Waals surface area contributed by atoms with Crippen LogP contribution in [-0.2, 0) is 11.2 Å². The quantitative estimate of drug-likeness (QED) is 0.691. The van der Waals surface area contributed by atoms with Gasteiger partial charge in [-0.15, -0.1) is 12.4 Å². The van der Waals surface area contributed by atoms with Crippen molar-refractivity contribution in [3.05, 3.63) is 70.6 Å². The van der Waals surface area contributed by atoms with Crippen LogP contribution in [-0.4, -0.2) is 26.7 Å². The third-order valence-electron chi connectivity index (χ3n) is 4.13. The number of nitrogens with zero attached hydrogens (tertiary/aromatic N) is 2. The fourth-order valence-corrected chi connectivity index (χ4v) is 2.83. The van der Waals surface area contributed by atoms with Gasteiger partial charge in [0.25, 0.3) is 5.56 Å². The second-order valence-electron chi connectivity index (χ2n) is 5.90. The molecule has 1 aromatic carbocycles. The number of nitrogens with two attached hydrogens (primary N) is 1. The van der Waals surface area contributed by atoms with E-state index in [-0.39, 0.29) is 18.0 Å². The summed E-state index contributed by atoms with van der Waals surface area (Å²) in [5, 5.41) is 9.73. The summed E-state index contributed by atoms with van der Waals surface area (Å²) in [6.07, 6.45) is 2.98. The normalized spacial score (nSPS) is 11.7. The Bertz CT molecular complexity index is 957. The molecule has 3 aromatic rings. The zero-order valence-electron chi connectivity index (χ0n) is 14.0. The predicted molar refractivity (Wildman–Crippen MR) is 103 cm³/mol. The van der Waals surface area contributed by atoms with E-state index in [1.54, 1.807) is 10.8 Å². The molecule has 2 aromatic heterocycles. The van der Waals surface area contributed by atoms with Crippen LogP contribution in [0.2, 0.25) is 0 Å². The second-order valence-corrected chi connectivity index (χ2v) is 5.90. The van der Waals surface area contributed by atoms with Crippen LogP contribution in [0, 0.1) is 0 Å². The number of hydrogen-bond acceptors (Lipinski definition) is 4. The second kappa shape index (κ2) is 8.60. The van der Waals surface area contributed by atoms with Gasteiger partial charge in [0.1, 0.15) is 11.7 Å². The topological polar surface area (TPSA) is 98.2 Å². The molecule has 6 nitrogen and oxygen atoms in total. The Balaban J connectivity index is 0.00000243. The maximum absolute atomic E-state index is 13.0. The molecule has 0 aliphatic rings. The molecule has 7 heteroatoms. The van der Waals surface area contributed by atoms with Gasteiger partial charge in [0, 0.05) is 17.1 Å². The Morgan fingerprint density at radius 3 is 2.62 bits per heavy atom. The van der Waals surface area contributed by atoms with Crippen molar-refractivity contribution in [3.8, 4) is 5.69 Å². The molecule has 0 aliphatic heterocycles. The number of carbonyl (C=O) groups is 1. The Labute approximate surface area is 156 Å². The standard InChI is InChI=1S/C19H19N3O3.ClH/c20-16(19(24)25)10-4-6-14-12-13-7-5-11-21-17(13)22(18(14)23)15-8-2-1-3-9-15;/h1-3,5,7-9,11-12,16H,4,6,10,20H2,(H,24,25);1H. The summed E-state index contributed by atoms with van der Waals surface area (Å²) in [7, 11) is 0. The number of aliphatic carboxylic acids is 1. The number of hydrogen-bond donors (Lipinski definition) is 2. The van der Waals surface area contributed by atoms with Crippen LogP contribution >= 0.6 is 12.4 Å². The highest BCUT2D eigenvalue weighted by Crippen LogP contribution is 2.16. The van der Waals surface area contributed by atoms with E-state index in [9.17, 15) is 9.59 Å². The third-order valence-corrected chi connectivity index (χ3v) is 4.13. The molecule has 1 unspecified atom stereocenters. The SMILES string of the molecule is Cl.NC(CCCc1cc2cccnc2n(-c2ccccc2)c1=O)C(=O)O. The first kappa shape index (κ1) is 19.6. The molecule has 0 radical (unpaired) electrons. The van der Waals surface area contributed by atoms with Crippen molar-refractivity contribution in [2.45, 2.75) is 25.3 Å². The molecule has 3 N–H and O–H groups in total. The molecular weight excluding hydrogens is 354 g/mol. The minimum absolute atomic E-state index is 0. The lowest BCUT2D eigenvalue weighted by Gasteiger charge is -2.12. The largest absolute Gasteiger partial charge is 0.480 e. The van der Waals surface area contributed by atoms with Crippen LogP contribution < -0.4 is 11.3 Å². The summed E-state index contributed by atoms with van der Waals surface area (Å²) in [6, 6.07) is 14.0. The molecule has 0 fully saturated rings. The first-order valence-corrected chi connectivity index (χ1v) is 8.11. The van der Waals surface area contributed by atoms with E-state index >= 15 is 0 Å². The van der Waals surface area contributed by atoms with Gasteiger partial charge in [-0.3, -0.25) is 14.2 Å². The zero-order valence-corrected chi connectivity index (χ0v) is 14.9. The summed E-state index contributed by atoms with van der Waals surface area (Å²) in [6.45, 7) is 0. The Hall–Kier alpha value is -2.70. The van der Waals surface area contributed by atoms with E-state index in [1.165, 1.54) is 0 Å². The van der Waals surface area contributed by atoms with Gasteiger partial charge in [-0.1, -0.05) is 18.2 Å². The first-order valence-electron chi connectivity index (χ1n) is 8.11. The summed E-state index contributed by atoms with van der Waals surface area (Å²) < 4.78 is 1.60. The van der Waals surface area contributed by atoms with Crippen LogP contribution in [0.5, 0.6) is 0 Å². The van der Waals surface area contributed by atoms with E-state index in [2.05, 4.69) is 4.98 Å². The highest BCUT2D eigenvalue weighted by molar-refractivity contribution is 5.85. The number of halogens is 1. The number of rotatable bonds is 6. The van der Waals surface area contributed by atoms with Gasteiger partial charge >= 0.3 is 5.97 Å². The fraction of sp³-hybridized carbons (Fsp3) is 0.211. The van der Waals surface area contributed by atoms with E-state index in [0.717, 1.165) is 11.1 Å². The monoisotopic (exact) mass is 373 g/mol. The van der Waals surface area contributed by atoms with Gasteiger partial charge in [-0.05, 0) is 49.6 Å². The molecule has 0 saturated carbocycles. The minimum Gasteiger partial charge on any atom is -0.480 e. The number of aromatic nitrogens is 2. The van der Waals surface area contributed by atoms with Gasteiger partial charge < -0.3 is 10.8 Å². The van der Waals surface area contributed by atoms with Crippen molar-refractivity contribution in [2.75, 3.05) is 0 Å². The molecule has 136 valence electrons. The number of carboxylic acid groups (broad SMARTS) is 1. The minimum atomic E-state index is -1.02. The van der Waals surface area contributed by atoms with E-state index < -0.39 is 12.0 Å². The molecule has 3 rings (SSSR count). The number of fused-ring (bicyclic) bond motifs is 1. The number of aryl methyl sites for hydroxylation is 1. The molecule has 2 heterocycles. The smallest absolute Gasteiger partial charge is 0.320 e. The molecule has 0 aliphatic carbocycles. The van der Waals surface area contributed by atoms with Crippen LogP contribution in [0.4, 0.5) is 0 Å². The third kappa shape index (κ3) is 4.09. The summed E-state index contributed by atoms with van der Waals surface area (Å²) in [5.41, 5.74) is 7.38. The van der Waals surface area contributed by atoms with Crippen LogP contribution in [0.15, 0.2) is 59.5 Å². The van der Waals surface area contributed by atoms with Gasteiger partial charge in [0.15, 0.2) is 0 Å². The van der Waals surface area contributed by atoms with Crippen molar-refractivity contribution in [1.29, 1.82) is 0 Å². The highest BCUT2D eigenvalue weighted by Gasteiger charge is 2.14. The number of pyridine rings is 2. The molecule has 0 spiro atoms. The van der Waals surface area contributed by atoms with Gasteiger partial charge in [-0.2, -0.15) is 0 Å². The van der Waals surface area contributed by atoms with E-state index in [0.29, 0.717) is 30.5 Å². The summed E-state index contributed by atoms with van der Waals surface area (Å²) in [4.78, 5) is 28.1. The highest BCUT2D eigenvalue weighted by atomic mass is 35.5. The number of carboxylic acids is 1. The average Bonchev–Trinajstić information content (AvgIpc) is 2.62. The van der Waals surface area contributed by atoms with Crippen molar-refractivity contribution in [2.24, 2.45) is 5.73 Å². The van der Waals surface area contributed by atoms with E-state index in [4.69, 9.17) is 10.8 Å². The maximum Gasteiger partial charge on any atom is 0.320 e. The molecule has 0 saturated heterocycles. The Kier molecular flexibility index (Phi) is 6.49. The van der Waals surface area contributed by atoms with Crippen molar-refractivity contribution in [1.82, 2.24) is 9.55 Å². The Morgan fingerprint density at radius 2 is 1.92 bits per heavy atom. The maximum atomic E-state index is 13.0. The lowest BCUT2D eigenvalue weighted by atomic mass is 10.0. The fourth-order valence-electron chi connectivity index (χ4n) is 2.83. The molecule has 26 heavy (non-hydrogen) atoms. The zero-order chi connectivity index (χ0) is 17.8. The molecule has 0 amide bonds. The molecule has 1 atom stereocenters. The van der Waals surface area contributed by atoms with Gasteiger partial charge in [0.05, 0.1) is 5.69 Å². The molecule has 0 bridgehead atoms. The Morgan fingerprint density at radius 1 is 1.19 bits per heavy atom. The number of benzene rings is 1.